The van der Waals surface area contributed by atoms with Crippen molar-refractivity contribution >= 4 is 36.9 Å². The largest absolute Gasteiger partial charge is 0.325 e. The van der Waals surface area contributed by atoms with Gasteiger partial charge in [0, 0.05) is 17.4 Å². The van der Waals surface area contributed by atoms with Crippen molar-refractivity contribution in [1.29, 1.82) is 0 Å². The molecule has 1 atom stereocenters. The van der Waals surface area contributed by atoms with Crippen LogP contribution in [0, 0.1) is 0 Å². The average molecular weight is 393 g/mol. The second kappa shape index (κ2) is 9.82. The molecule has 0 aliphatic heterocycles. The number of benzene rings is 2. The molecule has 0 fully saturated rings. The molecule has 0 aromatic heterocycles. The minimum absolute atomic E-state index is 0.0654. The van der Waals surface area contributed by atoms with Crippen LogP contribution in [0.25, 0.3) is 0 Å². The molecule has 0 radical (unpaired) electrons. The van der Waals surface area contributed by atoms with Crippen LogP contribution in [0.15, 0.2) is 53.0 Å². The van der Waals surface area contributed by atoms with Gasteiger partial charge in [-0.1, -0.05) is 45.8 Å². The molecule has 23 heavy (non-hydrogen) atoms. The number of nitrogens with one attached hydrogen (secondary N) is 2. The number of aryl methyl sites for hydroxylation is 1. The Morgan fingerprint density at radius 2 is 1.83 bits per heavy atom. The Kier molecular flexibility index (Phi) is 7.73. The number of halogens is 1. The number of amides is 1. The quantitative estimate of drug-likeness (QED) is 0.505. The Hall–Kier alpha value is -1.22. The Bertz CT molecular complexity index is 634. The fraction of sp³-hybridized carbons (Fsp3) is 0.278. The molecule has 3 nitrogen and oxygen atoms in total. The van der Waals surface area contributed by atoms with Crippen molar-refractivity contribution in [2.45, 2.75) is 32.2 Å². The van der Waals surface area contributed by atoms with Crippen LogP contribution >= 0.6 is 25.3 Å². The van der Waals surface area contributed by atoms with Crippen molar-refractivity contribution in [2.24, 2.45) is 0 Å². The zero-order valence-electron chi connectivity index (χ0n) is 13.0. The van der Waals surface area contributed by atoms with Crippen molar-refractivity contribution in [3.8, 4) is 0 Å². The smallest absolute Gasteiger partial charge is 0.224 e. The number of carbonyl (C=O) groups excluding carboxylic acids is 1. The van der Waals surface area contributed by atoms with Crippen LogP contribution < -0.4 is 10.4 Å². The Labute approximate surface area is 148 Å². The number of carbonyl (C=O) groups is 1. The normalized spacial score (nSPS) is 10.5. The second-order valence-corrected chi connectivity index (χ2v) is 6.70. The highest BCUT2D eigenvalue weighted by molar-refractivity contribution is 9.10. The Morgan fingerprint density at radius 1 is 1.04 bits per heavy atom. The van der Waals surface area contributed by atoms with Gasteiger partial charge in [0.2, 0.25) is 5.91 Å². The molecule has 1 amide bonds. The van der Waals surface area contributed by atoms with E-state index in [1.165, 1.54) is 5.56 Å². The van der Waals surface area contributed by atoms with Gasteiger partial charge in [0.05, 0.1) is 5.69 Å². The zero-order chi connectivity index (χ0) is 16.5. The summed E-state index contributed by atoms with van der Waals surface area (Å²) in [6.07, 6.45) is 3.49. The lowest BCUT2D eigenvalue weighted by atomic mass is 10.1. The Balaban J connectivity index is 1.74. The van der Waals surface area contributed by atoms with E-state index >= 15 is 0 Å². The zero-order valence-corrected chi connectivity index (χ0v) is 15.8. The van der Waals surface area contributed by atoms with E-state index in [9.17, 15) is 4.79 Å². The van der Waals surface area contributed by atoms with Crippen LogP contribution in [0.2, 0.25) is 0 Å². The molecule has 0 aliphatic carbocycles. The fourth-order valence-corrected chi connectivity index (χ4v) is 3.12. The molecule has 2 N–H and O–H groups in total. The van der Waals surface area contributed by atoms with Crippen LogP contribution in [0.1, 0.15) is 30.4 Å². The van der Waals surface area contributed by atoms with Gasteiger partial charge in [-0.2, -0.15) is 0 Å². The molecule has 0 spiro atoms. The van der Waals surface area contributed by atoms with Gasteiger partial charge in [0.15, 0.2) is 0 Å². The van der Waals surface area contributed by atoms with Crippen LogP contribution in [0.3, 0.4) is 0 Å². The monoisotopic (exact) mass is 392 g/mol. The lowest BCUT2D eigenvalue weighted by molar-refractivity contribution is -0.116. The lowest BCUT2D eigenvalue weighted by Gasteiger charge is -2.09. The molecule has 0 saturated heterocycles. The van der Waals surface area contributed by atoms with Gasteiger partial charge in [-0.05, 0) is 58.5 Å². The maximum atomic E-state index is 12.0. The standard InChI is InChI=1S/C18H22BrN2OP/c19-16-12-15(13-20-23)10-11-17(16)21-18(22)9-5-4-8-14-6-2-1-3-7-14/h1-3,6-7,10-12,20H,4-5,8-9,13,23H2,(H,21,22). The minimum atomic E-state index is 0.0654. The molecule has 0 saturated carbocycles. The molecule has 0 aliphatic rings. The summed E-state index contributed by atoms with van der Waals surface area (Å²) in [5.41, 5.74) is 3.31. The first-order chi connectivity index (χ1) is 11.2. The van der Waals surface area contributed by atoms with E-state index in [2.05, 4.69) is 60.0 Å². The maximum Gasteiger partial charge on any atom is 0.224 e. The molecule has 2 rings (SSSR count). The molecule has 0 bridgehead atoms. The first-order valence-electron chi connectivity index (χ1n) is 7.74. The first-order valence-corrected chi connectivity index (χ1v) is 9.12. The summed E-state index contributed by atoms with van der Waals surface area (Å²) in [5, 5.41) is 5.99. The van der Waals surface area contributed by atoms with E-state index in [0.29, 0.717) is 6.42 Å². The molecule has 122 valence electrons. The highest BCUT2D eigenvalue weighted by atomic mass is 79.9. The van der Waals surface area contributed by atoms with Crippen LogP contribution in [0.4, 0.5) is 5.69 Å². The predicted molar refractivity (Wildman–Crippen MR) is 103 cm³/mol. The summed E-state index contributed by atoms with van der Waals surface area (Å²) in [7, 11) is 2.48. The summed E-state index contributed by atoms with van der Waals surface area (Å²) < 4.78 is 0.910. The second-order valence-electron chi connectivity index (χ2n) is 5.44. The topological polar surface area (TPSA) is 41.1 Å². The number of anilines is 1. The molecule has 0 heterocycles. The Morgan fingerprint density at radius 3 is 2.52 bits per heavy atom. The van der Waals surface area contributed by atoms with Gasteiger partial charge in [-0.15, -0.1) is 0 Å². The van der Waals surface area contributed by atoms with Crippen molar-refractivity contribution in [1.82, 2.24) is 5.09 Å². The third-order valence-electron chi connectivity index (χ3n) is 3.58. The van der Waals surface area contributed by atoms with E-state index in [0.717, 1.165) is 41.5 Å². The third-order valence-corrected chi connectivity index (χ3v) is 4.44. The maximum absolute atomic E-state index is 12.0. The average Bonchev–Trinajstić information content (AvgIpc) is 2.55. The number of hydrogen-bond donors (Lipinski definition) is 2. The van der Waals surface area contributed by atoms with E-state index in [1.807, 2.05) is 24.3 Å². The van der Waals surface area contributed by atoms with E-state index in [1.54, 1.807) is 0 Å². The highest BCUT2D eigenvalue weighted by Crippen LogP contribution is 2.24. The van der Waals surface area contributed by atoms with Crippen LogP contribution in [-0.4, -0.2) is 5.91 Å². The van der Waals surface area contributed by atoms with Gasteiger partial charge in [-0.25, -0.2) is 0 Å². The molecular weight excluding hydrogens is 371 g/mol. The van der Waals surface area contributed by atoms with Gasteiger partial charge in [-0.3, -0.25) is 9.88 Å². The fourth-order valence-electron chi connectivity index (χ4n) is 2.36. The summed E-state index contributed by atoms with van der Waals surface area (Å²) >= 11 is 3.51. The van der Waals surface area contributed by atoms with Gasteiger partial charge >= 0.3 is 0 Å². The predicted octanol–water partition coefficient (Wildman–Crippen LogP) is 4.68. The summed E-state index contributed by atoms with van der Waals surface area (Å²) in [5.74, 6) is 0.0654. The van der Waals surface area contributed by atoms with E-state index < -0.39 is 0 Å². The third kappa shape index (κ3) is 6.42. The molecule has 1 unspecified atom stereocenters. The van der Waals surface area contributed by atoms with Crippen molar-refractivity contribution in [2.75, 3.05) is 5.32 Å². The molecule has 2 aromatic rings. The summed E-state index contributed by atoms with van der Waals surface area (Å²) in [6.45, 7) is 0.775. The van der Waals surface area contributed by atoms with Crippen molar-refractivity contribution in [3.05, 3.63) is 64.1 Å². The summed E-state index contributed by atoms with van der Waals surface area (Å²) in [6, 6.07) is 16.3. The number of unbranched alkanes of at least 4 members (excludes halogenated alkanes) is 1. The number of hydrogen-bond acceptors (Lipinski definition) is 2. The minimum Gasteiger partial charge on any atom is -0.325 e. The molecule has 2 aromatic carbocycles. The van der Waals surface area contributed by atoms with Gasteiger partial charge < -0.3 is 5.32 Å². The number of rotatable bonds is 8. The first kappa shape index (κ1) is 18.1. The van der Waals surface area contributed by atoms with Crippen LogP contribution in [-0.2, 0) is 17.8 Å². The van der Waals surface area contributed by atoms with Crippen molar-refractivity contribution < 1.29 is 4.79 Å². The van der Waals surface area contributed by atoms with E-state index in [-0.39, 0.29) is 5.91 Å². The SMILES string of the molecule is O=C(CCCCc1ccccc1)Nc1ccc(CNP)cc1Br. The van der Waals surface area contributed by atoms with E-state index in [4.69, 9.17) is 0 Å². The van der Waals surface area contributed by atoms with Gasteiger partial charge in [0.25, 0.3) is 0 Å². The van der Waals surface area contributed by atoms with Crippen LogP contribution in [0.5, 0.6) is 0 Å². The summed E-state index contributed by atoms with van der Waals surface area (Å²) in [4.78, 5) is 12.0. The molecule has 5 heteroatoms. The van der Waals surface area contributed by atoms with Gasteiger partial charge in [0.1, 0.15) is 0 Å². The van der Waals surface area contributed by atoms with Crippen molar-refractivity contribution in [3.63, 3.8) is 0 Å². The highest BCUT2D eigenvalue weighted by Gasteiger charge is 2.06. The molecular formula is C18H22BrN2OP. The lowest BCUT2D eigenvalue weighted by Crippen LogP contribution is -2.12.